The molecule has 2 amide bonds. The summed E-state index contributed by atoms with van der Waals surface area (Å²) in [5, 5.41) is 33.2. The van der Waals surface area contributed by atoms with Gasteiger partial charge in [-0.25, -0.2) is 4.79 Å². The third kappa shape index (κ3) is 9.13. The van der Waals surface area contributed by atoms with Crippen LogP contribution in [0.15, 0.2) is 0 Å². The number of esters is 1. The Bertz CT molecular complexity index is 684. The van der Waals surface area contributed by atoms with Crippen LogP contribution >= 0.6 is 35.1 Å². The van der Waals surface area contributed by atoms with Crippen molar-refractivity contribution in [2.24, 2.45) is 0 Å². The minimum absolute atomic E-state index is 0.0361. The fourth-order valence-corrected chi connectivity index (χ4v) is 4.91. The van der Waals surface area contributed by atoms with Crippen LogP contribution in [-0.2, 0) is 28.7 Å². The molecule has 1 aliphatic heterocycles. The Morgan fingerprint density at radius 1 is 1.18 bits per heavy atom. The van der Waals surface area contributed by atoms with E-state index >= 15 is 0 Å². The summed E-state index contributed by atoms with van der Waals surface area (Å²) in [6, 6.07) is -0.810. The second-order valence-corrected chi connectivity index (χ2v) is 10.9. The van der Waals surface area contributed by atoms with Crippen LogP contribution < -0.4 is 10.6 Å². The van der Waals surface area contributed by atoms with E-state index in [0.717, 1.165) is 23.5 Å². The maximum absolute atomic E-state index is 12.3. The molecule has 1 aliphatic rings. The SMILES string of the molecule is CSC1OC(C(NC=O)C(C)Cl)C(O)C(O)C1OC(=O)CCC(=O)NC(SC(C)C)C(=O)O. The molecule has 0 bridgehead atoms. The molecule has 0 aromatic rings. The number of carbonyl (C=O) groups excluding carboxylic acids is 3. The topological polar surface area (TPSA) is 171 Å². The van der Waals surface area contributed by atoms with Crippen LogP contribution in [0.2, 0.25) is 0 Å². The highest BCUT2D eigenvalue weighted by atomic mass is 35.5. The van der Waals surface area contributed by atoms with E-state index in [1.807, 2.05) is 0 Å². The van der Waals surface area contributed by atoms with Gasteiger partial charge in [-0.3, -0.25) is 14.4 Å². The standard InChI is InChI=1S/C19H31ClN2O9S2/c1-8(2)33-17(18(28)29)22-10(24)5-6-11(25)30-16-14(27)13(26)15(31-19(16)32-4)12(9(3)20)21-7-23/h7-9,12-17,19,26-27H,5-6H2,1-4H3,(H,21,23)(H,22,24)(H,28,29). The van der Waals surface area contributed by atoms with Crippen molar-refractivity contribution in [1.29, 1.82) is 0 Å². The van der Waals surface area contributed by atoms with E-state index in [2.05, 4.69) is 10.6 Å². The summed E-state index contributed by atoms with van der Waals surface area (Å²) in [4.78, 5) is 46.5. The summed E-state index contributed by atoms with van der Waals surface area (Å²) in [7, 11) is 0. The van der Waals surface area contributed by atoms with E-state index in [0.29, 0.717) is 6.41 Å². The highest BCUT2D eigenvalue weighted by Gasteiger charge is 2.49. The molecule has 11 nitrogen and oxygen atoms in total. The molecule has 0 aromatic carbocycles. The number of aliphatic carboxylic acids is 1. The van der Waals surface area contributed by atoms with Gasteiger partial charge in [-0.1, -0.05) is 13.8 Å². The molecule has 0 aliphatic carbocycles. The predicted octanol–water partition coefficient (Wildman–Crippen LogP) is -0.101. The lowest BCUT2D eigenvalue weighted by Gasteiger charge is -2.44. The molecule has 5 N–H and O–H groups in total. The highest BCUT2D eigenvalue weighted by molar-refractivity contribution is 8.01. The summed E-state index contributed by atoms with van der Waals surface area (Å²) in [5.41, 5.74) is -0.878. The maximum atomic E-state index is 12.3. The van der Waals surface area contributed by atoms with E-state index in [1.54, 1.807) is 27.0 Å². The van der Waals surface area contributed by atoms with Crippen LogP contribution in [0.5, 0.6) is 0 Å². The van der Waals surface area contributed by atoms with Gasteiger partial charge < -0.3 is 35.4 Å². The third-order valence-corrected chi connectivity index (χ3v) is 6.92. The summed E-state index contributed by atoms with van der Waals surface area (Å²) in [5.74, 6) is -2.68. The molecule has 1 heterocycles. The summed E-state index contributed by atoms with van der Waals surface area (Å²) < 4.78 is 11.0. The molecule has 1 fully saturated rings. The van der Waals surface area contributed by atoms with Gasteiger partial charge in [-0.15, -0.1) is 35.1 Å². The molecule has 0 aromatic heterocycles. The average Bonchev–Trinajstić information content (AvgIpc) is 2.73. The molecule has 1 rings (SSSR count). The first-order valence-corrected chi connectivity index (χ1v) is 12.8. The van der Waals surface area contributed by atoms with Gasteiger partial charge in [0.25, 0.3) is 0 Å². The van der Waals surface area contributed by atoms with Crippen molar-refractivity contribution in [1.82, 2.24) is 10.6 Å². The number of hydrogen-bond acceptors (Lipinski definition) is 10. The van der Waals surface area contributed by atoms with Crippen LogP contribution in [0.3, 0.4) is 0 Å². The lowest BCUT2D eigenvalue weighted by molar-refractivity contribution is -0.218. The van der Waals surface area contributed by atoms with Gasteiger partial charge in [0.1, 0.15) is 23.7 Å². The van der Waals surface area contributed by atoms with Gasteiger partial charge in [-0.05, 0) is 13.2 Å². The fourth-order valence-electron chi connectivity index (χ4n) is 3.11. The van der Waals surface area contributed by atoms with Gasteiger partial charge in [0.2, 0.25) is 12.3 Å². The lowest BCUT2D eigenvalue weighted by atomic mass is 9.93. The Hall–Kier alpha value is -1.25. The number of carboxylic acids is 1. The Labute approximate surface area is 205 Å². The van der Waals surface area contributed by atoms with Gasteiger partial charge in [-0.2, -0.15) is 0 Å². The zero-order valence-electron chi connectivity index (χ0n) is 18.7. The van der Waals surface area contributed by atoms with Crippen LogP contribution in [-0.4, -0.2) is 97.7 Å². The molecule has 14 heteroatoms. The number of nitrogens with one attached hydrogen (secondary N) is 2. The number of alkyl halides is 1. The fraction of sp³-hybridized carbons (Fsp3) is 0.789. The average molecular weight is 531 g/mol. The number of ether oxygens (including phenoxy) is 2. The van der Waals surface area contributed by atoms with Gasteiger partial charge in [0.05, 0.1) is 17.8 Å². The molecule has 8 unspecified atom stereocenters. The second kappa shape index (κ2) is 14.2. The van der Waals surface area contributed by atoms with Crippen molar-refractivity contribution in [2.45, 2.75) is 85.5 Å². The summed E-state index contributed by atoms with van der Waals surface area (Å²) >= 11 is 8.24. The minimum atomic E-state index is -1.54. The number of carbonyl (C=O) groups is 4. The molecule has 0 spiro atoms. The summed E-state index contributed by atoms with van der Waals surface area (Å²) in [6.07, 6.45) is -3.99. The van der Waals surface area contributed by atoms with Crippen LogP contribution in [0.25, 0.3) is 0 Å². The smallest absolute Gasteiger partial charge is 0.336 e. The Kier molecular flexibility index (Phi) is 12.8. The van der Waals surface area contributed by atoms with Crippen LogP contribution in [0.1, 0.15) is 33.6 Å². The second-order valence-electron chi connectivity index (χ2n) is 7.60. The molecule has 0 radical (unpaired) electrons. The predicted molar refractivity (Wildman–Crippen MR) is 124 cm³/mol. The molecule has 190 valence electrons. The zero-order valence-corrected chi connectivity index (χ0v) is 21.1. The number of amides is 2. The van der Waals surface area contributed by atoms with Gasteiger partial charge >= 0.3 is 11.9 Å². The van der Waals surface area contributed by atoms with Crippen LogP contribution in [0.4, 0.5) is 0 Å². The summed E-state index contributed by atoms with van der Waals surface area (Å²) in [6.45, 7) is 5.16. The number of aliphatic hydroxyl groups excluding tert-OH is 2. The first-order chi connectivity index (χ1) is 15.4. The number of thioether (sulfide) groups is 2. The van der Waals surface area contributed by atoms with Crippen molar-refractivity contribution in [2.75, 3.05) is 6.26 Å². The number of carboxylic acid groups (broad SMARTS) is 1. The maximum Gasteiger partial charge on any atom is 0.336 e. The Morgan fingerprint density at radius 2 is 1.82 bits per heavy atom. The van der Waals surface area contributed by atoms with Crippen molar-refractivity contribution in [3.8, 4) is 0 Å². The lowest BCUT2D eigenvalue weighted by Crippen LogP contribution is -2.64. The molecule has 1 saturated heterocycles. The minimum Gasteiger partial charge on any atom is -0.479 e. The molecule has 8 atom stereocenters. The van der Waals surface area contributed by atoms with Crippen LogP contribution in [0, 0.1) is 0 Å². The largest absolute Gasteiger partial charge is 0.479 e. The van der Waals surface area contributed by atoms with E-state index in [-0.39, 0.29) is 18.1 Å². The van der Waals surface area contributed by atoms with E-state index in [4.69, 9.17) is 21.1 Å². The monoisotopic (exact) mass is 530 g/mol. The van der Waals surface area contributed by atoms with Gasteiger partial charge in [0.15, 0.2) is 11.5 Å². The van der Waals surface area contributed by atoms with Crippen molar-refractivity contribution < 1.29 is 44.0 Å². The first kappa shape index (κ1) is 29.8. The van der Waals surface area contributed by atoms with Crippen molar-refractivity contribution >= 4 is 59.4 Å². The molecule has 0 saturated carbocycles. The van der Waals surface area contributed by atoms with E-state index in [1.165, 1.54) is 0 Å². The first-order valence-electron chi connectivity index (χ1n) is 10.2. The normalized spacial score (nSPS) is 27.8. The highest BCUT2D eigenvalue weighted by Crippen LogP contribution is 2.32. The zero-order chi connectivity index (χ0) is 25.3. The third-order valence-electron chi connectivity index (χ3n) is 4.67. The Balaban J connectivity index is 2.73. The number of rotatable bonds is 13. The quantitative estimate of drug-likeness (QED) is 0.0931. The molecular formula is C19H31ClN2O9S2. The molecular weight excluding hydrogens is 500 g/mol. The molecule has 33 heavy (non-hydrogen) atoms. The van der Waals surface area contributed by atoms with Crippen molar-refractivity contribution in [3.63, 3.8) is 0 Å². The Morgan fingerprint density at radius 3 is 2.30 bits per heavy atom. The van der Waals surface area contributed by atoms with Crippen molar-refractivity contribution in [3.05, 3.63) is 0 Å². The number of halogens is 1. The van der Waals surface area contributed by atoms with Gasteiger partial charge in [0, 0.05) is 11.7 Å². The number of hydrogen-bond donors (Lipinski definition) is 5. The van der Waals surface area contributed by atoms with E-state index < -0.39 is 64.5 Å². The van der Waals surface area contributed by atoms with E-state index in [9.17, 15) is 34.5 Å². The number of aliphatic hydroxyl groups is 2.